The van der Waals surface area contributed by atoms with E-state index in [4.69, 9.17) is 5.11 Å². The van der Waals surface area contributed by atoms with Crippen molar-refractivity contribution in [2.24, 2.45) is 5.92 Å². The minimum absolute atomic E-state index is 0.00558. The standard InChI is InChI=1S/C15H17NO4/c1-15(14(19)20,11-5-6-11)16-13(18)9-4-10-2-7-12(17)8-3-10/h2-4,7-9,11,17H,5-6H2,1H3,(H,16,18)(H,19,20)/b9-4+. The molecule has 1 aliphatic rings. The molecule has 1 unspecified atom stereocenters. The monoisotopic (exact) mass is 275 g/mol. The molecular weight excluding hydrogens is 258 g/mol. The lowest BCUT2D eigenvalue weighted by molar-refractivity contribution is -0.147. The zero-order valence-electron chi connectivity index (χ0n) is 11.2. The summed E-state index contributed by atoms with van der Waals surface area (Å²) in [7, 11) is 0. The summed E-state index contributed by atoms with van der Waals surface area (Å²) in [5.74, 6) is -1.29. The first-order chi connectivity index (χ1) is 9.41. The molecule has 0 saturated heterocycles. The average Bonchev–Trinajstić information content (AvgIpc) is 3.22. The summed E-state index contributed by atoms with van der Waals surface area (Å²) in [5.41, 5.74) is -0.447. The van der Waals surface area contributed by atoms with Crippen LogP contribution in [-0.2, 0) is 9.59 Å². The summed E-state index contributed by atoms with van der Waals surface area (Å²) in [6.07, 6.45) is 4.52. The van der Waals surface area contributed by atoms with E-state index in [0.29, 0.717) is 0 Å². The summed E-state index contributed by atoms with van der Waals surface area (Å²) in [4.78, 5) is 23.1. The van der Waals surface area contributed by atoms with E-state index in [1.807, 2.05) is 0 Å². The lowest BCUT2D eigenvalue weighted by atomic mass is 9.96. The summed E-state index contributed by atoms with van der Waals surface area (Å²) < 4.78 is 0. The third-order valence-electron chi connectivity index (χ3n) is 3.54. The van der Waals surface area contributed by atoms with Gasteiger partial charge in [0.05, 0.1) is 0 Å². The van der Waals surface area contributed by atoms with E-state index in [9.17, 15) is 14.7 Å². The van der Waals surface area contributed by atoms with Crippen LogP contribution in [0.15, 0.2) is 30.3 Å². The number of amides is 1. The smallest absolute Gasteiger partial charge is 0.329 e. The number of carbonyl (C=O) groups excluding carboxylic acids is 1. The molecule has 3 N–H and O–H groups in total. The second-order valence-corrected chi connectivity index (χ2v) is 5.20. The van der Waals surface area contributed by atoms with Crippen LogP contribution in [0.5, 0.6) is 5.75 Å². The van der Waals surface area contributed by atoms with Crippen LogP contribution in [0.1, 0.15) is 25.3 Å². The average molecular weight is 275 g/mol. The molecular formula is C15H17NO4. The lowest BCUT2D eigenvalue weighted by Crippen LogP contribution is -2.53. The van der Waals surface area contributed by atoms with Gasteiger partial charge in [0.2, 0.25) is 5.91 Å². The normalized spacial score (nSPS) is 17.6. The topological polar surface area (TPSA) is 86.6 Å². The minimum atomic E-state index is -1.20. The van der Waals surface area contributed by atoms with E-state index in [0.717, 1.165) is 18.4 Å². The lowest BCUT2D eigenvalue weighted by Gasteiger charge is -2.25. The highest BCUT2D eigenvalue weighted by molar-refractivity contribution is 5.96. The van der Waals surface area contributed by atoms with Crippen LogP contribution in [0.2, 0.25) is 0 Å². The van der Waals surface area contributed by atoms with Gasteiger partial charge in [0.15, 0.2) is 0 Å². The summed E-state index contributed by atoms with van der Waals surface area (Å²) in [6, 6.07) is 6.36. The number of carboxylic acids is 1. The second kappa shape index (κ2) is 5.36. The molecule has 1 amide bonds. The quantitative estimate of drug-likeness (QED) is 0.715. The predicted molar refractivity (Wildman–Crippen MR) is 74.0 cm³/mol. The molecule has 1 fully saturated rings. The van der Waals surface area contributed by atoms with Crippen molar-refractivity contribution in [3.05, 3.63) is 35.9 Å². The maximum Gasteiger partial charge on any atom is 0.329 e. The molecule has 0 bridgehead atoms. The maximum absolute atomic E-state index is 11.8. The molecule has 5 heteroatoms. The second-order valence-electron chi connectivity index (χ2n) is 5.20. The van der Waals surface area contributed by atoms with E-state index in [1.54, 1.807) is 25.1 Å². The first kappa shape index (κ1) is 14.1. The fraction of sp³-hybridized carbons (Fsp3) is 0.333. The number of phenolic OH excluding ortho intramolecular Hbond substituents is 1. The number of carbonyl (C=O) groups is 2. The molecule has 0 aromatic heterocycles. The van der Waals surface area contributed by atoms with Crippen LogP contribution < -0.4 is 5.32 Å². The SMILES string of the molecule is CC(NC(=O)/C=C/c1ccc(O)cc1)(C(=O)O)C1CC1. The third kappa shape index (κ3) is 3.17. The number of phenols is 1. The molecule has 0 heterocycles. The first-order valence-electron chi connectivity index (χ1n) is 6.44. The number of aromatic hydroxyl groups is 1. The summed E-state index contributed by atoms with van der Waals surface area (Å²) in [5, 5.41) is 21.0. The number of nitrogens with one attached hydrogen (secondary N) is 1. The van der Waals surface area contributed by atoms with Crippen molar-refractivity contribution >= 4 is 18.0 Å². The van der Waals surface area contributed by atoms with Gasteiger partial charge in [0, 0.05) is 6.08 Å². The van der Waals surface area contributed by atoms with Crippen molar-refractivity contribution in [3.63, 3.8) is 0 Å². The minimum Gasteiger partial charge on any atom is -0.508 e. The van der Waals surface area contributed by atoms with Crippen molar-refractivity contribution in [3.8, 4) is 5.75 Å². The highest BCUT2D eigenvalue weighted by Crippen LogP contribution is 2.39. The molecule has 1 aromatic carbocycles. The molecule has 0 radical (unpaired) electrons. The number of rotatable bonds is 5. The zero-order valence-corrected chi connectivity index (χ0v) is 11.2. The fourth-order valence-electron chi connectivity index (χ4n) is 2.05. The van der Waals surface area contributed by atoms with E-state index < -0.39 is 17.4 Å². The molecule has 1 saturated carbocycles. The van der Waals surface area contributed by atoms with E-state index in [1.165, 1.54) is 18.2 Å². The molecule has 1 aromatic rings. The van der Waals surface area contributed by atoms with Gasteiger partial charge in [-0.05, 0) is 49.5 Å². The van der Waals surface area contributed by atoms with Crippen molar-refractivity contribution in [2.75, 3.05) is 0 Å². The Bertz CT molecular complexity index is 545. The molecule has 106 valence electrons. The predicted octanol–water partition coefficient (Wildman–Crippen LogP) is 1.77. The Morgan fingerprint density at radius 2 is 1.90 bits per heavy atom. The maximum atomic E-state index is 11.8. The van der Waals surface area contributed by atoms with Crippen LogP contribution in [0, 0.1) is 5.92 Å². The fourth-order valence-corrected chi connectivity index (χ4v) is 2.05. The van der Waals surface area contributed by atoms with Crippen molar-refractivity contribution in [1.82, 2.24) is 5.32 Å². The van der Waals surface area contributed by atoms with Gasteiger partial charge in [0.25, 0.3) is 0 Å². The molecule has 0 spiro atoms. The number of hydrogen-bond acceptors (Lipinski definition) is 3. The van der Waals surface area contributed by atoms with Crippen molar-refractivity contribution < 1.29 is 19.8 Å². The van der Waals surface area contributed by atoms with Crippen LogP contribution in [-0.4, -0.2) is 27.6 Å². The number of hydrogen-bond donors (Lipinski definition) is 3. The van der Waals surface area contributed by atoms with Gasteiger partial charge in [-0.1, -0.05) is 12.1 Å². The van der Waals surface area contributed by atoms with Gasteiger partial charge in [-0.15, -0.1) is 0 Å². The molecule has 1 atom stereocenters. The molecule has 2 rings (SSSR count). The van der Waals surface area contributed by atoms with Gasteiger partial charge < -0.3 is 15.5 Å². The van der Waals surface area contributed by atoms with E-state index in [-0.39, 0.29) is 11.7 Å². The third-order valence-corrected chi connectivity index (χ3v) is 3.54. The number of carboxylic acid groups (broad SMARTS) is 1. The highest BCUT2D eigenvalue weighted by atomic mass is 16.4. The first-order valence-corrected chi connectivity index (χ1v) is 6.44. The number of aliphatic carboxylic acids is 1. The van der Waals surface area contributed by atoms with Gasteiger partial charge >= 0.3 is 5.97 Å². The Morgan fingerprint density at radius 3 is 2.40 bits per heavy atom. The van der Waals surface area contributed by atoms with Gasteiger partial charge in [-0.25, -0.2) is 4.79 Å². The highest BCUT2D eigenvalue weighted by Gasteiger charge is 2.48. The Balaban J connectivity index is 2.01. The molecule has 1 aliphatic carbocycles. The molecule has 5 nitrogen and oxygen atoms in total. The summed E-state index contributed by atoms with van der Waals surface area (Å²) >= 11 is 0. The summed E-state index contributed by atoms with van der Waals surface area (Å²) in [6.45, 7) is 1.54. The van der Waals surface area contributed by atoms with Gasteiger partial charge in [0.1, 0.15) is 11.3 Å². The largest absolute Gasteiger partial charge is 0.508 e. The van der Waals surface area contributed by atoms with Crippen molar-refractivity contribution in [2.45, 2.75) is 25.3 Å². The Hall–Kier alpha value is -2.30. The Morgan fingerprint density at radius 1 is 1.30 bits per heavy atom. The van der Waals surface area contributed by atoms with Crippen LogP contribution in [0.4, 0.5) is 0 Å². The van der Waals surface area contributed by atoms with Crippen molar-refractivity contribution in [1.29, 1.82) is 0 Å². The van der Waals surface area contributed by atoms with Crippen LogP contribution >= 0.6 is 0 Å². The molecule has 20 heavy (non-hydrogen) atoms. The zero-order chi connectivity index (χ0) is 14.8. The Labute approximate surface area is 116 Å². The van der Waals surface area contributed by atoms with E-state index >= 15 is 0 Å². The van der Waals surface area contributed by atoms with Crippen LogP contribution in [0.25, 0.3) is 6.08 Å². The molecule has 0 aliphatic heterocycles. The van der Waals surface area contributed by atoms with E-state index in [2.05, 4.69) is 5.32 Å². The Kier molecular flexibility index (Phi) is 3.79. The van der Waals surface area contributed by atoms with Gasteiger partial charge in [-0.2, -0.15) is 0 Å². The van der Waals surface area contributed by atoms with Gasteiger partial charge in [-0.3, -0.25) is 4.79 Å². The number of benzene rings is 1. The van der Waals surface area contributed by atoms with Crippen LogP contribution in [0.3, 0.4) is 0 Å².